The summed E-state index contributed by atoms with van der Waals surface area (Å²) in [5.41, 5.74) is 0. The van der Waals surface area contributed by atoms with E-state index < -0.39 is 6.10 Å². The first-order chi connectivity index (χ1) is 12.7. The Morgan fingerprint density at radius 3 is 2.62 bits per heavy atom. The molecule has 2 aromatic heterocycles. The number of piperidine rings is 1. The molecule has 1 N–H and O–H groups in total. The average molecular weight is 374 g/mol. The van der Waals surface area contributed by atoms with Crippen molar-refractivity contribution >= 4 is 11.3 Å². The first kappa shape index (κ1) is 18.2. The third-order valence-corrected chi connectivity index (χ3v) is 7.50. The van der Waals surface area contributed by atoms with E-state index in [9.17, 15) is 5.11 Å². The van der Waals surface area contributed by atoms with Crippen molar-refractivity contribution in [2.24, 2.45) is 13.0 Å². The molecule has 0 spiro atoms. The largest absolute Gasteiger partial charge is 0.385 e. The molecule has 0 bridgehead atoms. The SMILES string of the molecule is Cn1ccnc1C(O)C1CCN(Cc2ccc(C3CCCCC3)s2)CC1. The molecule has 3 heterocycles. The Labute approximate surface area is 160 Å². The molecule has 1 unspecified atom stereocenters. The first-order valence-electron chi connectivity index (χ1n) is 10.2. The van der Waals surface area contributed by atoms with E-state index in [4.69, 9.17) is 0 Å². The van der Waals surface area contributed by atoms with E-state index in [1.807, 2.05) is 29.1 Å². The van der Waals surface area contributed by atoms with E-state index in [0.717, 1.165) is 44.2 Å². The smallest absolute Gasteiger partial charge is 0.137 e. The lowest BCUT2D eigenvalue weighted by atomic mass is 9.88. The molecule has 0 aromatic carbocycles. The van der Waals surface area contributed by atoms with Crippen LogP contribution in [0.25, 0.3) is 0 Å². The van der Waals surface area contributed by atoms with E-state index in [1.165, 1.54) is 37.0 Å². The van der Waals surface area contributed by atoms with Gasteiger partial charge in [-0.15, -0.1) is 11.3 Å². The van der Waals surface area contributed by atoms with Gasteiger partial charge >= 0.3 is 0 Å². The maximum absolute atomic E-state index is 10.6. The number of hydrogen-bond donors (Lipinski definition) is 1. The van der Waals surface area contributed by atoms with Crippen LogP contribution in [0.1, 0.15) is 72.5 Å². The van der Waals surface area contributed by atoms with E-state index in [0.29, 0.717) is 5.92 Å². The van der Waals surface area contributed by atoms with Crippen LogP contribution in [-0.2, 0) is 13.6 Å². The van der Waals surface area contributed by atoms with Gasteiger partial charge in [0.05, 0.1) is 0 Å². The fourth-order valence-electron chi connectivity index (χ4n) is 4.61. The van der Waals surface area contributed by atoms with Crippen LogP contribution in [0.15, 0.2) is 24.5 Å². The van der Waals surface area contributed by atoms with Crippen molar-refractivity contribution < 1.29 is 5.11 Å². The number of nitrogens with zero attached hydrogens (tertiary/aromatic N) is 3. The monoisotopic (exact) mass is 373 g/mol. The van der Waals surface area contributed by atoms with Gasteiger partial charge in [0.2, 0.25) is 0 Å². The first-order valence-corrected chi connectivity index (χ1v) is 11.0. The van der Waals surface area contributed by atoms with E-state index in [2.05, 4.69) is 22.0 Å². The topological polar surface area (TPSA) is 41.3 Å². The highest BCUT2D eigenvalue weighted by Crippen LogP contribution is 2.37. The number of aromatic nitrogens is 2. The number of thiophene rings is 1. The predicted molar refractivity (Wildman–Crippen MR) is 106 cm³/mol. The number of rotatable bonds is 5. The Morgan fingerprint density at radius 2 is 1.92 bits per heavy atom. The Kier molecular flexibility index (Phi) is 5.77. The summed E-state index contributed by atoms with van der Waals surface area (Å²) in [6, 6.07) is 4.73. The van der Waals surface area contributed by atoms with E-state index in [-0.39, 0.29) is 0 Å². The third-order valence-electron chi connectivity index (χ3n) is 6.27. The van der Waals surface area contributed by atoms with Crippen LogP contribution in [0.4, 0.5) is 0 Å². The summed E-state index contributed by atoms with van der Waals surface area (Å²) in [6.45, 7) is 3.22. The van der Waals surface area contributed by atoms with Crippen molar-refractivity contribution in [2.45, 2.75) is 63.5 Å². The molecular weight excluding hydrogens is 342 g/mol. The minimum atomic E-state index is -0.434. The van der Waals surface area contributed by atoms with E-state index in [1.54, 1.807) is 11.1 Å². The second-order valence-corrected chi connectivity index (χ2v) is 9.29. The van der Waals surface area contributed by atoms with Gasteiger partial charge in [-0.2, -0.15) is 0 Å². The van der Waals surface area contributed by atoms with Crippen molar-refractivity contribution in [3.63, 3.8) is 0 Å². The molecule has 26 heavy (non-hydrogen) atoms. The summed E-state index contributed by atoms with van der Waals surface area (Å²) >= 11 is 2.04. The Bertz CT molecular complexity index is 696. The summed E-state index contributed by atoms with van der Waals surface area (Å²) in [5.74, 6) is 1.95. The fourth-order valence-corrected chi connectivity index (χ4v) is 5.83. The second-order valence-electron chi connectivity index (χ2n) is 8.09. The molecule has 142 valence electrons. The van der Waals surface area contributed by atoms with Crippen LogP contribution < -0.4 is 0 Å². The van der Waals surface area contributed by atoms with Gasteiger partial charge in [0.15, 0.2) is 0 Å². The maximum Gasteiger partial charge on any atom is 0.137 e. The van der Waals surface area contributed by atoms with Gasteiger partial charge in [-0.25, -0.2) is 4.98 Å². The highest BCUT2D eigenvalue weighted by molar-refractivity contribution is 7.12. The number of hydrogen-bond acceptors (Lipinski definition) is 4. The molecule has 1 aliphatic heterocycles. The van der Waals surface area contributed by atoms with Crippen molar-refractivity contribution in [2.75, 3.05) is 13.1 Å². The highest BCUT2D eigenvalue weighted by Gasteiger charge is 2.28. The van der Waals surface area contributed by atoms with Gasteiger partial charge in [0, 0.05) is 35.7 Å². The van der Waals surface area contributed by atoms with Crippen LogP contribution >= 0.6 is 11.3 Å². The second kappa shape index (κ2) is 8.24. The molecular formula is C21H31N3OS. The summed E-state index contributed by atoms with van der Waals surface area (Å²) < 4.78 is 1.94. The molecule has 0 amide bonds. The van der Waals surface area contributed by atoms with Gasteiger partial charge in [-0.3, -0.25) is 4.90 Å². The van der Waals surface area contributed by atoms with Gasteiger partial charge in [0.1, 0.15) is 11.9 Å². The summed E-state index contributed by atoms with van der Waals surface area (Å²) in [6.07, 6.45) is 12.4. The van der Waals surface area contributed by atoms with Gasteiger partial charge < -0.3 is 9.67 Å². The number of aliphatic hydroxyl groups is 1. The zero-order valence-corrected chi connectivity index (χ0v) is 16.6. The third kappa shape index (κ3) is 4.05. The van der Waals surface area contributed by atoms with Crippen LogP contribution in [-0.4, -0.2) is 32.6 Å². The lowest BCUT2D eigenvalue weighted by Gasteiger charge is -2.33. The molecule has 2 fully saturated rings. The maximum atomic E-state index is 10.6. The molecule has 1 aliphatic carbocycles. The van der Waals surface area contributed by atoms with Crippen LogP contribution in [0, 0.1) is 5.92 Å². The molecule has 1 saturated carbocycles. The van der Waals surface area contributed by atoms with Crippen molar-refractivity contribution in [1.29, 1.82) is 0 Å². The van der Waals surface area contributed by atoms with Crippen molar-refractivity contribution in [3.8, 4) is 0 Å². The lowest BCUT2D eigenvalue weighted by Crippen LogP contribution is -2.35. The highest BCUT2D eigenvalue weighted by atomic mass is 32.1. The minimum Gasteiger partial charge on any atom is -0.385 e. The number of aryl methyl sites for hydroxylation is 1. The molecule has 2 aliphatic rings. The quantitative estimate of drug-likeness (QED) is 0.840. The Hall–Kier alpha value is -1.17. The summed E-state index contributed by atoms with van der Waals surface area (Å²) in [7, 11) is 1.96. The summed E-state index contributed by atoms with van der Waals surface area (Å²) in [4.78, 5) is 10.00. The predicted octanol–water partition coefficient (Wildman–Crippen LogP) is 4.47. The van der Waals surface area contributed by atoms with Crippen LogP contribution in [0.5, 0.6) is 0 Å². The number of aliphatic hydroxyl groups excluding tert-OH is 1. The standard InChI is InChI=1S/C21H31N3OS/c1-23-14-11-22-21(23)20(25)17-9-12-24(13-10-17)15-18-7-8-19(26-18)16-5-3-2-4-6-16/h7-8,11,14,16-17,20,25H,2-6,9-10,12-13,15H2,1H3. The molecule has 5 heteroatoms. The molecule has 2 aromatic rings. The molecule has 4 rings (SSSR count). The Morgan fingerprint density at radius 1 is 1.15 bits per heavy atom. The van der Waals surface area contributed by atoms with E-state index >= 15 is 0 Å². The number of likely N-dealkylation sites (tertiary alicyclic amines) is 1. The Balaban J connectivity index is 1.29. The van der Waals surface area contributed by atoms with Gasteiger partial charge in [-0.05, 0) is 62.7 Å². The zero-order valence-electron chi connectivity index (χ0n) is 15.8. The average Bonchev–Trinajstić information content (AvgIpc) is 3.32. The normalized spacial score (nSPS) is 21.9. The van der Waals surface area contributed by atoms with Crippen molar-refractivity contribution in [3.05, 3.63) is 40.1 Å². The minimum absolute atomic E-state index is 0.327. The molecule has 0 radical (unpaired) electrons. The number of imidazole rings is 1. The van der Waals surface area contributed by atoms with Crippen molar-refractivity contribution in [1.82, 2.24) is 14.5 Å². The van der Waals surface area contributed by atoms with Crippen LogP contribution in [0.3, 0.4) is 0 Å². The molecule has 4 nitrogen and oxygen atoms in total. The molecule has 1 saturated heterocycles. The fraction of sp³-hybridized carbons (Fsp3) is 0.667. The zero-order chi connectivity index (χ0) is 17.9. The summed E-state index contributed by atoms with van der Waals surface area (Å²) in [5, 5.41) is 10.6. The van der Waals surface area contributed by atoms with Gasteiger partial charge in [0.25, 0.3) is 0 Å². The van der Waals surface area contributed by atoms with Crippen LogP contribution in [0.2, 0.25) is 0 Å². The van der Waals surface area contributed by atoms with Gasteiger partial charge in [-0.1, -0.05) is 19.3 Å². The molecule has 1 atom stereocenters. The lowest BCUT2D eigenvalue weighted by molar-refractivity contribution is 0.0494.